The van der Waals surface area contributed by atoms with Gasteiger partial charge in [0.2, 0.25) is 5.76 Å². The molecular weight excluding hydrogens is 248 g/mol. The Hall–Kier alpha value is -1.47. The van der Waals surface area contributed by atoms with Gasteiger partial charge in [0, 0.05) is 6.54 Å². The van der Waals surface area contributed by atoms with Crippen molar-refractivity contribution in [2.45, 2.75) is 13.0 Å². The molecule has 0 aromatic carbocycles. The topological polar surface area (TPSA) is 60.7 Å². The molecule has 0 amide bonds. The van der Waals surface area contributed by atoms with Crippen LogP contribution in [0, 0.1) is 0 Å². The van der Waals surface area contributed by atoms with Crippen LogP contribution in [-0.4, -0.2) is 39.3 Å². The lowest BCUT2D eigenvalue weighted by molar-refractivity contribution is 0.0186. The van der Waals surface area contributed by atoms with E-state index in [-0.39, 0.29) is 12.4 Å². The molecule has 1 aromatic rings. The molecule has 1 aromatic heterocycles. The van der Waals surface area contributed by atoms with Crippen LogP contribution in [0.5, 0.6) is 0 Å². The fraction of sp³-hybridized carbons (Fsp3) is 0.545. The Bertz CT molecular complexity index is 368. The van der Waals surface area contributed by atoms with Crippen molar-refractivity contribution in [3.05, 3.63) is 23.7 Å². The van der Waals surface area contributed by atoms with E-state index in [0.717, 1.165) is 0 Å². The zero-order chi connectivity index (χ0) is 13.4. The first-order chi connectivity index (χ1) is 8.63. The maximum absolute atomic E-state index is 11.7. The van der Waals surface area contributed by atoms with E-state index in [1.54, 1.807) is 6.07 Å². The van der Waals surface area contributed by atoms with E-state index in [1.807, 2.05) is 0 Å². The van der Waals surface area contributed by atoms with Crippen LogP contribution >= 0.6 is 0 Å². The Morgan fingerprint density at radius 3 is 2.94 bits per heavy atom. The largest absolute Gasteiger partial charge is 0.463 e. The lowest BCUT2D eigenvalue weighted by atomic mass is 10.4. The molecule has 0 aliphatic rings. The molecule has 0 saturated carbocycles. The van der Waals surface area contributed by atoms with Gasteiger partial charge in [-0.25, -0.2) is 13.6 Å². The van der Waals surface area contributed by atoms with Crippen molar-refractivity contribution < 1.29 is 27.5 Å². The number of rotatable bonds is 8. The molecule has 102 valence electrons. The van der Waals surface area contributed by atoms with Gasteiger partial charge < -0.3 is 19.2 Å². The van der Waals surface area contributed by atoms with E-state index in [1.165, 1.54) is 13.2 Å². The second-order valence-corrected chi connectivity index (χ2v) is 3.40. The molecule has 0 radical (unpaired) electrons. The van der Waals surface area contributed by atoms with Crippen LogP contribution in [0.3, 0.4) is 0 Å². The Balaban J connectivity index is 2.16. The second kappa shape index (κ2) is 7.78. The standard InChI is InChI=1S/C11H15F2NO4/c1-16-11(15)9-3-2-8(18-9)6-14-4-5-17-7-10(12)13/h2-3,10,14H,4-7H2,1H3. The SMILES string of the molecule is COC(=O)c1ccc(CNCCOCC(F)F)o1. The van der Waals surface area contributed by atoms with Gasteiger partial charge in [-0.15, -0.1) is 0 Å². The predicted octanol–water partition coefficient (Wildman–Crippen LogP) is 1.44. The number of hydrogen-bond acceptors (Lipinski definition) is 5. The molecule has 0 spiro atoms. The lowest BCUT2D eigenvalue weighted by Gasteiger charge is -2.04. The molecule has 0 fully saturated rings. The van der Waals surface area contributed by atoms with Gasteiger partial charge in [-0.3, -0.25) is 0 Å². The van der Waals surface area contributed by atoms with Crippen molar-refractivity contribution in [3.8, 4) is 0 Å². The molecule has 0 unspecified atom stereocenters. The molecule has 0 saturated heterocycles. The number of nitrogens with one attached hydrogen (secondary N) is 1. The number of hydrogen-bond donors (Lipinski definition) is 1. The molecule has 0 aliphatic carbocycles. The lowest BCUT2D eigenvalue weighted by Crippen LogP contribution is -2.20. The number of halogens is 2. The number of alkyl halides is 2. The van der Waals surface area contributed by atoms with E-state index in [2.05, 4.69) is 14.8 Å². The quantitative estimate of drug-likeness (QED) is 0.568. The monoisotopic (exact) mass is 263 g/mol. The number of esters is 1. The van der Waals surface area contributed by atoms with Crippen LogP contribution in [0.2, 0.25) is 0 Å². The van der Waals surface area contributed by atoms with Crippen LogP contribution in [0.25, 0.3) is 0 Å². The summed E-state index contributed by atoms with van der Waals surface area (Å²) in [7, 11) is 1.27. The normalized spacial score (nSPS) is 10.9. The first kappa shape index (κ1) is 14.6. The summed E-state index contributed by atoms with van der Waals surface area (Å²) >= 11 is 0. The summed E-state index contributed by atoms with van der Waals surface area (Å²) in [6.07, 6.45) is -2.45. The Morgan fingerprint density at radius 2 is 2.28 bits per heavy atom. The predicted molar refractivity (Wildman–Crippen MR) is 58.6 cm³/mol. The van der Waals surface area contributed by atoms with Gasteiger partial charge in [0.1, 0.15) is 12.4 Å². The minimum Gasteiger partial charge on any atom is -0.463 e. The van der Waals surface area contributed by atoms with Crippen molar-refractivity contribution >= 4 is 5.97 Å². The molecule has 0 atom stereocenters. The molecule has 0 aliphatic heterocycles. The van der Waals surface area contributed by atoms with E-state index in [0.29, 0.717) is 18.8 Å². The van der Waals surface area contributed by atoms with Gasteiger partial charge in [0.05, 0.1) is 20.3 Å². The van der Waals surface area contributed by atoms with Crippen LogP contribution in [-0.2, 0) is 16.0 Å². The average Bonchev–Trinajstić information content (AvgIpc) is 2.81. The summed E-state index contributed by atoms with van der Waals surface area (Å²) in [6, 6.07) is 3.15. The Morgan fingerprint density at radius 1 is 1.50 bits per heavy atom. The van der Waals surface area contributed by atoms with E-state index in [4.69, 9.17) is 4.42 Å². The zero-order valence-electron chi connectivity index (χ0n) is 9.95. The zero-order valence-corrected chi connectivity index (χ0v) is 9.95. The number of ether oxygens (including phenoxy) is 2. The van der Waals surface area contributed by atoms with E-state index >= 15 is 0 Å². The molecule has 1 N–H and O–H groups in total. The van der Waals surface area contributed by atoms with Crippen LogP contribution in [0.1, 0.15) is 16.3 Å². The van der Waals surface area contributed by atoms with Crippen molar-refractivity contribution in [2.75, 3.05) is 26.9 Å². The van der Waals surface area contributed by atoms with Crippen LogP contribution in [0.15, 0.2) is 16.5 Å². The van der Waals surface area contributed by atoms with Gasteiger partial charge >= 0.3 is 5.97 Å². The molecule has 1 heterocycles. The third-order valence-corrected chi connectivity index (χ3v) is 2.01. The van der Waals surface area contributed by atoms with Gasteiger partial charge in [0.15, 0.2) is 0 Å². The van der Waals surface area contributed by atoms with E-state index in [9.17, 15) is 13.6 Å². The number of furan rings is 1. The molecule has 1 rings (SSSR count). The summed E-state index contributed by atoms with van der Waals surface area (Å²) < 4.78 is 37.8. The molecule has 18 heavy (non-hydrogen) atoms. The fourth-order valence-corrected chi connectivity index (χ4v) is 1.21. The van der Waals surface area contributed by atoms with Gasteiger partial charge in [-0.1, -0.05) is 0 Å². The maximum atomic E-state index is 11.7. The minimum absolute atomic E-state index is 0.128. The number of carbonyl (C=O) groups is 1. The summed E-state index contributed by atoms with van der Waals surface area (Å²) in [6.45, 7) is 0.430. The first-order valence-electron chi connectivity index (χ1n) is 5.37. The van der Waals surface area contributed by atoms with Gasteiger partial charge in [-0.05, 0) is 12.1 Å². The van der Waals surface area contributed by atoms with Gasteiger partial charge in [0.25, 0.3) is 6.43 Å². The molecule has 5 nitrogen and oxygen atoms in total. The first-order valence-corrected chi connectivity index (χ1v) is 5.37. The second-order valence-electron chi connectivity index (χ2n) is 3.40. The van der Waals surface area contributed by atoms with Crippen molar-refractivity contribution in [1.29, 1.82) is 0 Å². The highest BCUT2D eigenvalue weighted by atomic mass is 19.3. The van der Waals surface area contributed by atoms with Crippen LogP contribution in [0.4, 0.5) is 8.78 Å². The number of carbonyl (C=O) groups excluding carboxylic acids is 1. The number of methoxy groups -OCH3 is 1. The molecule has 7 heteroatoms. The third-order valence-electron chi connectivity index (χ3n) is 2.01. The minimum atomic E-state index is -2.45. The highest BCUT2D eigenvalue weighted by molar-refractivity contribution is 5.86. The van der Waals surface area contributed by atoms with E-state index < -0.39 is 19.0 Å². The summed E-state index contributed by atoms with van der Waals surface area (Å²) in [5.41, 5.74) is 0. The third kappa shape index (κ3) is 5.24. The van der Waals surface area contributed by atoms with Crippen molar-refractivity contribution in [2.24, 2.45) is 0 Å². The highest BCUT2D eigenvalue weighted by Crippen LogP contribution is 2.08. The average molecular weight is 263 g/mol. The van der Waals surface area contributed by atoms with Crippen molar-refractivity contribution in [3.63, 3.8) is 0 Å². The maximum Gasteiger partial charge on any atom is 0.373 e. The van der Waals surface area contributed by atoms with Crippen LogP contribution < -0.4 is 5.32 Å². The Kier molecular flexibility index (Phi) is 6.31. The summed E-state index contributed by atoms with van der Waals surface area (Å²) in [4.78, 5) is 11.1. The summed E-state index contributed by atoms with van der Waals surface area (Å²) in [5, 5.41) is 2.93. The smallest absolute Gasteiger partial charge is 0.373 e. The highest BCUT2D eigenvalue weighted by Gasteiger charge is 2.10. The molecular formula is C11H15F2NO4. The fourth-order valence-electron chi connectivity index (χ4n) is 1.21. The summed E-state index contributed by atoms with van der Waals surface area (Å²) in [5.74, 6) is 0.147. The molecule has 0 bridgehead atoms. The van der Waals surface area contributed by atoms with Crippen molar-refractivity contribution in [1.82, 2.24) is 5.32 Å². The van der Waals surface area contributed by atoms with Gasteiger partial charge in [-0.2, -0.15) is 0 Å². The Labute approximate surface area is 103 Å².